The number of ether oxygens (including phenoxy) is 2. The van der Waals surface area contributed by atoms with Gasteiger partial charge in [-0.3, -0.25) is 0 Å². The van der Waals surface area contributed by atoms with Gasteiger partial charge in [-0.05, 0) is 151 Å². The number of halogens is 1. The molecule has 13 heteroatoms. The molecule has 25 rings (SSSR count). The van der Waals surface area contributed by atoms with Crippen molar-refractivity contribution in [3.63, 3.8) is 0 Å². The largest absolute Gasteiger partial charge is 0.498 e. The van der Waals surface area contributed by atoms with Gasteiger partial charge in [0.15, 0.2) is 23.3 Å². The lowest BCUT2D eigenvalue weighted by atomic mass is 9.64. The Hall–Kier alpha value is -14.9. The lowest BCUT2D eigenvalue weighted by Crippen LogP contribution is -2.41. The molecule has 0 atom stereocenters. The van der Waals surface area contributed by atoms with Crippen molar-refractivity contribution in [2.75, 3.05) is 0 Å². The van der Waals surface area contributed by atoms with E-state index in [0.29, 0.717) is 28.5 Å². The molecule has 11 nitrogen and oxygen atoms in total. The lowest BCUT2D eigenvalue weighted by Gasteiger charge is -2.40. The third kappa shape index (κ3) is 11.6. The van der Waals surface area contributed by atoms with Gasteiger partial charge in [-0.15, -0.1) is 0 Å². The first-order valence-electron chi connectivity index (χ1n) is 42.1. The lowest BCUT2D eigenvalue weighted by molar-refractivity contribution is 0.00578. The first-order valence-corrected chi connectivity index (χ1v) is 42.4. The van der Waals surface area contributed by atoms with Crippen molar-refractivity contribution in [2.24, 2.45) is 0 Å². The van der Waals surface area contributed by atoms with Crippen LogP contribution in [0.2, 0.25) is 5.15 Å². The van der Waals surface area contributed by atoms with Gasteiger partial charge in [0.1, 0.15) is 28.2 Å². The average Bonchev–Trinajstić information content (AvgIpc) is 1.50. The molecule has 590 valence electrons. The highest BCUT2D eigenvalue weighted by Crippen LogP contribution is 2.65. The van der Waals surface area contributed by atoms with E-state index in [0.717, 1.165) is 95.6 Å². The minimum Gasteiger partial charge on any atom is -0.457 e. The Balaban J connectivity index is 0.000000114. The van der Waals surface area contributed by atoms with Crippen LogP contribution in [0.5, 0.6) is 23.0 Å². The summed E-state index contributed by atoms with van der Waals surface area (Å²) >= 11 is 6.34. The Labute approximate surface area is 723 Å². The average molecular weight is 1620 g/mol. The fourth-order valence-electron chi connectivity index (χ4n) is 19.7. The molecule has 0 N–H and O–H groups in total. The Morgan fingerprint density at radius 3 is 1.03 bits per heavy atom. The number of aromatic nitrogens is 7. The summed E-state index contributed by atoms with van der Waals surface area (Å²) in [6.45, 7) is 8.35. The van der Waals surface area contributed by atoms with Gasteiger partial charge in [-0.1, -0.05) is 321 Å². The van der Waals surface area contributed by atoms with E-state index in [-0.39, 0.29) is 0 Å². The summed E-state index contributed by atoms with van der Waals surface area (Å²) in [4.78, 5) is 24.7. The first kappa shape index (κ1) is 74.2. The van der Waals surface area contributed by atoms with Crippen molar-refractivity contribution in [1.82, 2.24) is 34.1 Å². The molecule has 5 aliphatic rings. The second-order valence-electron chi connectivity index (χ2n) is 33.1. The molecule has 3 aliphatic heterocycles. The molecule has 2 spiro atoms. The van der Waals surface area contributed by atoms with Crippen LogP contribution in [0.25, 0.3) is 134 Å². The Morgan fingerprint density at radius 1 is 0.266 bits per heavy atom. The zero-order valence-corrected chi connectivity index (χ0v) is 69.0. The van der Waals surface area contributed by atoms with E-state index in [9.17, 15) is 0 Å². The van der Waals surface area contributed by atoms with Crippen molar-refractivity contribution in [1.29, 1.82) is 0 Å². The molecular formula is C111H77BClN7O4. The van der Waals surface area contributed by atoms with Gasteiger partial charge in [0.2, 0.25) is 0 Å². The quantitative estimate of drug-likeness (QED) is 0.108. The van der Waals surface area contributed by atoms with Crippen LogP contribution in [-0.4, -0.2) is 52.4 Å². The smallest absolute Gasteiger partial charge is 0.457 e. The summed E-state index contributed by atoms with van der Waals surface area (Å²) in [5.41, 5.74) is 25.8. The number of rotatable bonds is 8. The molecule has 4 aromatic heterocycles. The molecule has 124 heavy (non-hydrogen) atoms. The van der Waals surface area contributed by atoms with Gasteiger partial charge in [-0.25, -0.2) is 24.9 Å². The molecule has 2 aliphatic carbocycles. The number of hydrogen-bond acceptors (Lipinski definition) is 9. The fraction of sp³-hybridized carbons (Fsp3) is 0.0721. The standard InChI is InChI=1S/C52H32N4O.C31H27BO3.C28H18ClN3/c1-2-15-33(16-3-1)49-53-50(34-29-31-35(32-30-34)56-45-26-11-6-19-38(45)39-20-7-12-27-46(39)56)55-51(54-49)40-21-14-25-44-48(40)57-47-28-13-10-24-43(47)52(44)41-22-8-4-17-36(41)37-18-5-9-23-42(37)52;1-29(2)30(3,4)35-32(34-29)26-18-11-17-25-28(26)33-27-19-10-9-16-24(27)31(25)22-14-7-5-12-20(22)21-13-6-8-15-23(21)31;29-27-18-24(30-28(31-27)20-8-2-1-3-9-20)19-14-16-21(17-15-19)32-25-12-6-4-10-22(25)23-11-5-7-13-26(23)32/h1-32H;5-19H,1-4H3;1-18H. The van der Waals surface area contributed by atoms with Crippen LogP contribution in [0.15, 0.2) is 394 Å². The highest BCUT2D eigenvalue weighted by atomic mass is 35.5. The molecule has 0 bridgehead atoms. The molecule has 20 aromatic rings. The maximum atomic E-state index is 7.00. The van der Waals surface area contributed by atoms with Gasteiger partial charge in [-0.2, -0.15) is 0 Å². The van der Waals surface area contributed by atoms with Gasteiger partial charge in [0, 0.05) is 89.0 Å². The summed E-state index contributed by atoms with van der Waals surface area (Å²) in [5, 5.41) is 5.40. The minimum absolute atomic E-state index is 0.431. The van der Waals surface area contributed by atoms with Crippen molar-refractivity contribution < 1.29 is 18.8 Å². The molecule has 7 heterocycles. The van der Waals surface area contributed by atoms with Crippen LogP contribution >= 0.6 is 11.6 Å². The van der Waals surface area contributed by atoms with Gasteiger partial charge < -0.3 is 27.9 Å². The molecular weight excluding hydrogens is 1540 g/mol. The second kappa shape index (κ2) is 29.2. The van der Waals surface area contributed by atoms with E-state index in [4.69, 9.17) is 50.3 Å². The topological polar surface area (TPSA) is 111 Å². The van der Waals surface area contributed by atoms with Gasteiger partial charge >= 0.3 is 7.12 Å². The molecule has 0 unspecified atom stereocenters. The van der Waals surface area contributed by atoms with E-state index < -0.39 is 29.2 Å². The third-order valence-electron chi connectivity index (χ3n) is 25.9. The van der Waals surface area contributed by atoms with E-state index in [1.807, 2.05) is 78.9 Å². The molecule has 16 aromatic carbocycles. The van der Waals surface area contributed by atoms with Crippen LogP contribution in [0.1, 0.15) is 72.2 Å². The van der Waals surface area contributed by atoms with Crippen LogP contribution in [0.3, 0.4) is 0 Å². The predicted molar refractivity (Wildman–Crippen MR) is 500 cm³/mol. The molecule has 0 saturated carbocycles. The van der Waals surface area contributed by atoms with Crippen LogP contribution < -0.4 is 14.9 Å². The highest BCUT2D eigenvalue weighted by Gasteiger charge is 2.57. The normalized spacial score (nSPS) is 14.5. The Kier molecular flexibility index (Phi) is 17.5. The summed E-state index contributed by atoms with van der Waals surface area (Å²) in [7, 11) is -0.510. The van der Waals surface area contributed by atoms with E-state index in [1.165, 1.54) is 88.1 Å². The fourth-order valence-corrected chi connectivity index (χ4v) is 19.9. The first-order chi connectivity index (χ1) is 60.9. The zero-order chi connectivity index (χ0) is 83.0. The van der Waals surface area contributed by atoms with Gasteiger partial charge in [0.25, 0.3) is 0 Å². The van der Waals surface area contributed by atoms with E-state index >= 15 is 0 Å². The molecule has 0 amide bonds. The minimum atomic E-state index is -0.589. The van der Waals surface area contributed by atoms with Gasteiger partial charge in [0.05, 0.1) is 55.4 Å². The van der Waals surface area contributed by atoms with Crippen molar-refractivity contribution >= 4 is 67.8 Å². The summed E-state index contributed by atoms with van der Waals surface area (Å²) in [6.07, 6.45) is 0. The van der Waals surface area contributed by atoms with Crippen molar-refractivity contribution in [3.8, 4) is 113 Å². The Bertz CT molecular complexity index is 7460. The second-order valence-corrected chi connectivity index (χ2v) is 33.5. The van der Waals surface area contributed by atoms with Crippen LogP contribution in [0, 0.1) is 0 Å². The van der Waals surface area contributed by atoms with E-state index in [2.05, 4.69) is 357 Å². The Morgan fingerprint density at radius 2 is 0.589 bits per heavy atom. The number of para-hydroxylation sites is 8. The highest BCUT2D eigenvalue weighted by molar-refractivity contribution is 6.63. The number of fused-ring (bicyclic) bond motifs is 24. The van der Waals surface area contributed by atoms with E-state index in [1.54, 1.807) is 0 Å². The SMILES string of the molecule is CC1(C)OB(c2cccc3c2Oc2ccccc2C32c3ccccc3-c3ccccc32)OC1(C)C.Clc1cc(-c2ccc(-n3c4ccccc4c4ccccc43)cc2)nc(-c2ccccc2)n1.c1ccc(-c2nc(-c3ccc(-n4c5ccccc5c5ccccc54)cc3)nc(-c3cccc4c3Oc3ccccc3C43c4ccccc4-c4ccccc43)n2)cc1. The molecule has 0 radical (unpaired) electrons. The maximum Gasteiger partial charge on any atom is 0.498 e. The summed E-state index contributed by atoms with van der Waals surface area (Å²) < 4.78 is 31.3. The number of hydrogen-bond donors (Lipinski definition) is 0. The summed E-state index contributed by atoms with van der Waals surface area (Å²) in [6, 6.07) is 138. The van der Waals surface area contributed by atoms with Crippen molar-refractivity contribution in [3.05, 3.63) is 444 Å². The molecule has 1 fully saturated rings. The maximum absolute atomic E-state index is 7.00. The predicted octanol–water partition coefficient (Wildman–Crippen LogP) is 26.5. The van der Waals surface area contributed by atoms with Crippen molar-refractivity contribution in [2.45, 2.75) is 49.7 Å². The monoisotopic (exact) mass is 1620 g/mol. The van der Waals surface area contributed by atoms with Crippen LogP contribution in [-0.2, 0) is 20.1 Å². The number of nitrogens with zero attached hydrogens (tertiary/aromatic N) is 7. The summed E-state index contributed by atoms with van der Waals surface area (Å²) in [5.74, 6) is 5.64. The van der Waals surface area contributed by atoms with Crippen LogP contribution in [0.4, 0.5) is 0 Å². The third-order valence-corrected chi connectivity index (χ3v) is 26.1. The molecule has 1 saturated heterocycles. The zero-order valence-electron chi connectivity index (χ0n) is 68.2. The number of benzene rings is 16.